The molecule has 0 unspecified atom stereocenters. The Morgan fingerprint density at radius 3 is 0.934 bits per heavy atom. The number of aryl methyl sites for hydroxylation is 3. The quantitative estimate of drug-likeness (QED) is 0.0745. The molecule has 0 atom stereocenters. The molecule has 106 heavy (non-hydrogen) atoms. The number of hydrogen-bond acceptors (Lipinski definition) is 8. The summed E-state index contributed by atoms with van der Waals surface area (Å²) in [7, 11) is 0. The van der Waals surface area contributed by atoms with E-state index in [9.17, 15) is 14.0 Å². The number of benzene rings is 10. The predicted molar refractivity (Wildman–Crippen MR) is 414 cm³/mol. The number of aliphatic hydroxyl groups is 2. The monoisotopic (exact) mass is 2110 g/mol. The van der Waals surface area contributed by atoms with Crippen molar-refractivity contribution in [1.82, 2.24) is 19.9 Å². The van der Waals surface area contributed by atoms with E-state index < -0.39 is 12.1 Å². The van der Waals surface area contributed by atoms with Crippen LogP contribution < -0.4 is 0 Å². The van der Waals surface area contributed by atoms with Gasteiger partial charge in [-0.3, -0.25) is 9.59 Å². The van der Waals surface area contributed by atoms with E-state index in [4.69, 9.17) is 23.9 Å². The Morgan fingerprint density at radius 2 is 0.642 bits per heavy atom. The minimum atomic E-state index is -0.396. The maximum Gasteiger partial charge on any atom is 3.00 e. The van der Waals surface area contributed by atoms with Crippen LogP contribution in [-0.4, -0.2) is 41.7 Å². The maximum atomic E-state index is 13.0. The minimum absolute atomic E-state index is 0. The largest absolute Gasteiger partial charge is 3.00 e. The average Bonchev–Trinajstić information content (AvgIpc) is 0.770. The third-order valence-corrected chi connectivity index (χ3v) is 14.4. The number of aliphatic hydroxyl groups excluding tert-OH is 2. The molecule has 0 spiro atoms. The van der Waals surface area contributed by atoms with Crippen LogP contribution >= 0.6 is 0 Å². The van der Waals surface area contributed by atoms with Gasteiger partial charge in [0.25, 0.3) is 0 Å². The van der Waals surface area contributed by atoms with E-state index in [0.717, 1.165) is 72.7 Å². The van der Waals surface area contributed by atoms with Crippen molar-refractivity contribution in [3.63, 3.8) is 0 Å². The molecule has 14 aromatic rings. The van der Waals surface area contributed by atoms with Crippen LogP contribution in [0.5, 0.6) is 0 Å². The number of aromatic nitrogens is 4. The second-order valence-corrected chi connectivity index (χ2v) is 22.4. The summed E-state index contributed by atoms with van der Waals surface area (Å²) in [5, 5.41) is 16.7. The van der Waals surface area contributed by atoms with Crippen LogP contribution in [0.2, 0.25) is 0 Å². The Morgan fingerprint density at radius 1 is 0.349 bits per heavy atom. The summed E-state index contributed by atoms with van der Waals surface area (Å²) in [5.41, 5.74) is 18.0. The zero-order valence-electron chi connectivity index (χ0n) is 68.6. The number of carbonyl (C=O) groups excluding carboxylic acids is 2. The predicted octanol–water partition coefficient (Wildman–Crippen LogP) is 22.9. The van der Waals surface area contributed by atoms with Crippen molar-refractivity contribution in [1.29, 1.82) is 0 Å². The van der Waals surface area contributed by atoms with E-state index in [1.807, 2.05) is 190 Å². The molecule has 4 heterocycles. The molecule has 4 aromatic heterocycles. The van der Waals surface area contributed by atoms with Crippen LogP contribution in [-0.2, 0) is 90.0 Å². The van der Waals surface area contributed by atoms with Gasteiger partial charge in [0.2, 0.25) is 0 Å². The number of halogens is 1. The number of ketones is 2. The maximum absolute atomic E-state index is 13.0. The third-order valence-electron chi connectivity index (χ3n) is 14.4. The summed E-state index contributed by atoms with van der Waals surface area (Å²) >= 11 is 0. The van der Waals surface area contributed by atoms with Crippen molar-refractivity contribution in [3.05, 3.63) is 398 Å². The minimum Gasteiger partial charge on any atom is -0.512 e. The van der Waals surface area contributed by atoms with Crippen LogP contribution in [0.4, 0.5) is 4.39 Å². The molecule has 0 aliphatic rings. The van der Waals surface area contributed by atoms with E-state index >= 15 is 0 Å². The molecular formula is C93H77FIr4N4O4-3. The standard InChI is InChI=1S/C18H13FN.2C18H14N.C17H12N.C12H8.2C5H8O2.4Ir/c1-13-11-18(15-5-3-2-4-6-15)20-12-17(13)14-7-9-16(19)10-8-14;2*1-14-12-18(16-10-6-3-7-11-16)19-13-17(14)15-8-4-2-5-9-15;1-3-7-14(8-4-1)16-11-12-17(18-13-16)15-9-5-2-6-10-15;1-3-7-11(8-4-1)12-9-5-2-6-10-12;2*1-4(6)3-5(2)7;;;;/h2-5,7-12H,1H3;2*2-10,12-13H,1H3;1-9,11-13H;1-7,9H;2*3,6H,1-2H3;;;;/q4*-1;-2;;;;;;+3/i;2D,4D,5D,8D,9D;;1D,3D,4D,7D,8D;;;;;;;. The number of hydrogen-bond donors (Lipinski definition) is 2. The van der Waals surface area contributed by atoms with E-state index in [0.29, 0.717) is 16.8 Å². The number of nitrogens with zero attached hydrogens (tertiary/aromatic N) is 4. The van der Waals surface area contributed by atoms with Crippen LogP contribution in [0.3, 0.4) is 0 Å². The van der Waals surface area contributed by atoms with E-state index in [1.165, 1.54) is 74.9 Å². The molecule has 0 fully saturated rings. The van der Waals surface area contributed by atoms with Gasteiger partial charge in [-0.1, -0.05) is 133 Å². The Kier molecular flexibility index (Phi) is 32.9. The van der Waals surface area contributed by atoms with Crippen LogP contribution in [0.25, 0.3) is 101 Å². The Hall–Kier alpha value is -10.3. The Labute approximate surface area is 691 Å². The molecule has 0 aliphatic carbocycles. The number of rotatable bonds is 11. The fourth-order valence-corrected chi connectivity index (χ4v) is 9.62. The molecule has 3 radical (unpaired) electrons. The van der Waals surface area contributed by atoms with E-state index in [1.54, 1.807) is 42.6 Å². The van der Waals surface area contributed by atoms with Crippen molar-refractivity contribution in [2.45, 2.75) is 48.5 Å². The first-order valence-corrected chi connectivity index (χ1v) is 32.1. The zero-order valence-corrected chi connectivity index (χ0v) is 68.2. The first kappa shape index (κ1) is 72.7. The summed E-state index contributed by atoms with van der Waals surface area (Å²) in [4.78, 5) is 37.8. The van der Waals surface area contributed by atoms with Gasteiger partial charge in [-0.15, -0.1) is 156 Å². The molecule has 0 aliphatic heterocycles. The van der Waals surface area contributed by atoms with Crippen molar-refractivity contribution in [2.75, 3.05) is 0 Å². The molecule has 10 aromatic carbocycles. The van der Waals surface area contributed by atoms with Gasteiger partial charge in [0, 0.05) is 114 Å². The summed E-state index contributed by atoms with van der Waals surface area (Å²) < 4.78 is 91.5. The number of pyridine rings is 4. The molecule has 14 rings (SSSR count). The number of carbonyl (C=O) groups is 2. The van der Waals surface area contributed by atoms with Crippen molar-refractivity contribution < 1.29 is 118 Å². The van der Waals surface area contributed by atoms with Gasteiger partial charge in [-0.2, -0.15) is 48.5 Å². The molecular weight excluding hydrogens is 2020 g/mol. The normalized spacial score (nSPS) is 11.4. The average molecular weight is 2110 g/mol. The molecule has 0 amide bonds. The van der Waals surface area contributed by atoms with Crippen molar-refractivity contribution >= 4 is 11.6 Å². The van der Waals surface area contributed by atoms with E-state index in [-0.39, 0.29) is 169 Å². The molecule has 2 N–H and O–H groups in total. The van der Waals surface area contributed by atoms with Crippen LogP contribution in [0.15, 0.2) is 339 Å². The summed E-state index contributed by atoms with van der Waals surface area (Å²) in [6, 6.07) is 88.5. The first-order chi connectivity index (χ1) is 53.7. The van der Waals surface area contributed by atoms with Gasteiger partial charge in [0.05, 0.1) is 25.2 Å². The smallest absolute Gasteiger partial charge is 0.512 e. The fraction of sp³-hybridized carbons (Fsp3) is 0.0753. The van der Waals surface area contributed by atoms with Gasteiger partial charge in [0.1, 0.15) is 5.82 Å². The van der Waals surface area contributed by atoms with E-state index in [2.05, 4.69) is 81.5 Å². The fourth-order valence-electron chi connectivity index (χ4n) is 9.62. The first-order valence-electron chi connectivity index (χ1n) is 37.1. The summed E-state index contributed by atoms with van der Waals surface area (Å²) in [5.74, 6) is -0.352. The van der Waals surface area contributed by atoms with Gasteiger partial charge < -0.3 is 30.1 Å². The van der Waals surface area contributed by atoms with Crippen LogP contribution in [0.1, 0.15) is 58.1 Å². The van der Waals surface area contributed by atoms with Crippen molar-refractivity contribution in [3.8, 4) is 101 Å². The zero-order chi connectivity index (χ0) is 81.0. The molecule has 0 saturated carbocycles. The summed E-state index contributed by atoms with van der Waals surface area (Å²) in [6.07, 6.45) is 9.18. The van der Waals surface area contributed by atoms with Crippen LogP contribution in [0, 0.1) is 63.0 Å². The second-order valence-electron chi connectivity index (χ2n) is 22.4. The van der Waals surface area contributed by atoms with Gasteiger partial charge >= 0.3 is 20.1 Å². The molecule has 8 nitrogen and oxygen atoms in total. The molecule has 539 valence electrons. The van der Waals surface area contributed by atoms with Gasteiger partial charge in [0.15, 0.2) is 11.6 Å². The second kappa shape index (κ2) is 48.0. The Balaban J connectivity index is 0.000000293. The molecule has 0 saturated heterocycles. The topological polar surface area (TPSA) is 126 Å². The molecule has 0 bridgehead atoms. The third kappa shape index (κ3) is 29.7. The Bertz CT molecular complexity index is 5420. The SMILES string of the molecule is CC(=O)C=C(C)O.CC(=O)C=C(C)O.Cc1cc(-c2[c-]cccc2)ncc1-c1ccc(F)cc1.Cc1cc(-c2[c-]cccc2)ncc1-c1ccccc1.[2H]c1c([2H])c([2H])c(-c2ccc(-c3[c-]cccc3)nc2)c([2H])c1[2H].[2H]c1c([2H])c([2H])c(-c2cnc(-c3[c-]cccc3)cc2C)c([2H])c1[2H].[Ir+3].[Ir].[Ir].[Ir].[c-]1ccccc1-c1[c-]cccc1. The van der Waals surface area contributed by atoms with Gasteiger partial charge in [-0.25, -0.2) is 15.5 Å². The van der Waals surface area contributed by atoms with Crippen molar-refractivity contribution in [2.24, 2.45) is 0 Å². The summed E-state index contributed by atoms with van der Waals surface area (Å²) in [6.45, 7) is 11.7. The van der Waals surface area contributed by atoms with Gasteiger partial charge in [-0.05, 0) is 128 Å². The molecule has 13 heteroatoms. The number of allylic oxidation sites excluding steroid dienone is 4.